The number of anilines is 1. The lowest BCUT2D eigenvalue weighted by atomic mass is 10.0. The molecule has 0 aliphatic carbocycles. The molecule has 0 amide bonds. The van der Waals surface area contributed by atoms with Gasteiger partial charge >= 0.3 is 0 Å². The Bertz CT molecular complexity index is 636. The minimum absolute atomic E-state index is 0.561. The Morgan fingerprint density at radius 1 is 1.21 bits per heavy atom. The average Bonchev–Trinajstić information content (AvgIpc) is 3.05. The zero-order valence-corrected chi connectivity index (χ0v) is 14.4. The maximum atomic E-state index is 4.79. The highest BCUT2D eigenvalue weighted by atomic mass is 15.3. The second-order valence-electron chi connectivity index (χ2n) is 6.99. The zero-order chi connectivity index (χ0) is 16.4. The van der Waals surface area contributed by atoms with E-state index in [0.717, 1.165) is 32.0 Å². The molecule has 0 atom stereocenters. The van der Waals surface area contributed by atoms with Gasteiger partial charge in [0.15, 0.2) is 0 Å². The molecule has 0 unspecified atom stereocenters. The fourth-order valence-electron chi connectivity index (χ4n) is 3.93. The summed E-state index contributed by atoms with van der Waals surface area (Å²) >= 11 is 0. The van der Waals surface area contributed by atoms with E-state index in [1.54, 1.807) is 6.33 Å². The number of fused-ring (bicyclic) bond motifs is 1. The van der Waals surface area contributed by atoms with Gasteiger partial charge in [-0.25, -0.2) is 9.97 Å². The number of hydrogen-bond acceptors (Lipinski definition) is 5. The lowest BCUT2D eigenvalue weighted by molar-refractivity contribution is 0.200. The van der Waals surface area contributed by atoms with Gasteiger partial charge in [-0.05, 0) is 44.2 Å². The summed E-state index contributed by atoms with van der Waals surface area (Å²) in [7, 11) is 2.14. The van der Waals surface area contributed by atoms with Crippen LogP contribution in [0.2, 0.25) is 0 Å². The van der Waals surface area contributed by atoms with Crippen molar-refractivity contribution in [3.05, 3.63) is 36.0 Å². The fraction of sp³-hybridized carbons (Fsp3) is 0.611. The lowest BCUT2D eigenvalue weighted by Crippen LogP contribution is -2.43. The number of hydrogen-bond donors (Lipinski definition) is 0. The normalized spacial score (nSPS) is 19.2. The van der Waals surface area contributed by atoms with Crippen molar-refractivity contribution in [1.29, 1.82) is 0 Å². The van der Waals surface area contributed by atoms with E-state index in [4.69, 9.17) is 5.10 Å². The van der Waals surface area contributed by atoms with Crippen LogP contribution >= 0.6 is 0 Å². The first kappa shape index (κ1) is 15.6. The molecule has 128 valence electrons. The molecule has 1 fully saturated rings. The summed E-state index contributed by atoms with van der Waals surface area (Å²) < 4.78 is 2.22. The van der Waals surface area contributed by atoms with E-state index in [-0.39, 0.29) is 0 Å². The number of rotatable bonds is 4. The molecular formula is C18H26N6. The van der Waals surface area contributed by atoms with Crippen LogP contribution in [-0.4, -0.2) is 50.8 Å². The highest BCUT2D eigenvalue weighted by Crippen LogP contribution is 2.22. The molecule has 4 rings (SSSR count). The van der Waals surface area contributed by atoms with Crippen LogP contribution in [0.3, 0.4) is 0 Å². The first-order valence-corrected chi connectivity index (χ1v) is 9.06. The van der Waals surface area contributed by atoms with Gasteiger partial charge in [-0.2, -0.15) is 5.10 Å². The second-order valence-corrected chi connectivity index (χ2v) is 6.99. The Hall–Kier alpha value is -1.95. The van der Waals surface area contributed by atoms with Crippen LogP contribution in [0.4, 0.5) is 5.82 Å². The molecule has 0 bridgehead atoms. The Kier molecular flexibility index (Phi) is 4.47. The number of nitrogens with zero attached hydrogens (tertiary/aromatic N) is 6. The topological polar surface area (TPSA) is 50.1 Å². The molecule has 0 radical (unpaired) electrons. The Balaban J connectivity index is 1.32. The molecule has 1 saturated heterocycles. The molecule has 2 aliphatic rings. The van der Waals surface area contributed by atoms with Crippen LogP contribution in [0.5, 0.6) is 0 Å². The van der Waals surface area contributed by atoms with Crippen molar-refractivity contribution in [3.63, 3.8) is 0 Å². The first-order valence-electron chi connectivity index (χ1n) is 9.06. The highest BCUT2D eigenvalue weighted by Gasteiger charge is 2.24. The van der Waals surface area contributed by atoms with Gasteiger partial charge in [0.2, 0.25) is 0 Å². The van der Waals surface area contributed by atoms with Crippen molar-refractivity contribution in [2.75, 3.05) is 25.0 Å². The number of aryl methyl sites for hydroxylation is 2. The van der Waals surface area contributed by atoms with E-state index in [2.05, 4.69) is 37.6 Å². The highest BCUT2D eigenvalue weighted by molar-refractivity contribution is 5.36. The van der Waals surface area contributed by atoms with Crippen LogP contribution in [0.1, 0.15) is 37.1 Å². The summed E-state index contributed by atoms with van der Waals surface area (Å²) in [6.07, 6.45) is 9.57. The predicted octanol–water partition coefficient (Wildman–Crippen LogP) is 2.11. The van der Waals surface area contributed by atoms with E-state index >= 15 is 0 Å². The van der Waals surface area contributed by atoms with E-state index in [9.17, 15) is 0 Å². The monoisotopic (exact) mass is 326 g/mol. The third-order valence-electron chi connectivity index (χ3n) is 5.38. The smallest absolute Gasteiger partial charge is 0.131 e. The molecule has 2 aromatic heterocycles. The average molecular weight is 326 g/mol. The predicted molar refractivity (Wildman–Crippen MR) is 93.9 cm³/mol. The fourth-order valence-corrected chi connectivity index (χ4v) is 3.93. The maximum Gasteiger partial charge on any atom is 0.131 e. The van der Waals surface area contributed by atoms with Crippen molar-refractivity contribution in [2.24, 2.45) is 0 Å². The molecule has 2 aliphatic heterocycles. The van der Waals surface area contributed by atoms with E-state index < -0.39 is 0 Å². The van der Waals surface area contributed by atoms with Gasteiger partial charge in [-0.1, -0.05) is 0 Å². The third-order valence-corrected chi connectivity index (χ3v) is 5.38. The van der Waals surface area contributed by atoms with Gasteiger partial charge in [0.1, 0.15) is 12.1 Å². The van der Waals surface area contributed by atoms with Gasteiger partial charge in [0, 0.05) is 51.2 Å². The molecular weight excluding hydrogens is 300 g/mol. The molecule has 0 aromatic carbocycles. The van der Waals surface area contributed by atoms with Gasteiger partial charge in [0.05, 0.1) is 5.69 Å². The molecule has 2 aromatic rings. The van der Waals surface area contributed by atoms with Crippen molar-refractivity contribution >= 4 is 5.82 Å². The molecule has 24 heavy (non-hydrogen) atoms. The van der Waals surface area contributed by atoms with Gasteiger partial charge in [-0.15, -0.1) is 0 Å². The van der Waals surface area contributed by atoms with Gasteiger partial charge in [-0.3, -0.25) is 9.58 Å². The minimum atomic E-state index is 0.561. The van der Waals surface area contributed by atoms with Crippen LogP contribution in [0.15, 0.2) is 24.7 Å². The summed E-state index contributed by atoms with van der Waals surface area (Å²) in [4.78, 5) is 13.2. The van der Waals surface area contributed by atoms with Gasteiger partial charge < -0.3 is 4.90 Å². The largest absolute Gasteiger partial charge is 0.356 e. The van der Waals surface area contributed by atoms with Crippen LogP contribution in [0, 0.1) is 0 Å². The zero-order valence-electron chi connectivity index (χ0n) is 14.4. The second kappa shape index (κ2) is 6.89. The van der Waals surface area contributed by atoms with Crippen molar-refractivity contribution < 1.29 is 0 Å². The molecule has 0 N–H and O–H groups in total. The standard InChI is InChI=1S/C18H26N6/c1-22(18-5-8-19-14-20-18)16-6-10-23(11-7-16)13-15-12-17-4-2-3-9-24(17)21-15/h5,8,12,14,16H,2-4,6-7,9-11,13H2,1H3. The number of piperidine rings is 1. The molecule has 6 nitrogen and oxygen atoms in total. The lowest BCUT2D eigenvalue weighted by Gasteiger charge is -2.37. The van der Waals surface area contributed by atoms with E-state index in [1.807, 2.05) is 12.3 Å². The Labute approximate surface area is 143 Å². The molecule has 4 heterocycles. The van der Waals surface area contributed by atoms with Crippen LogP contribution in [-0.2, 0) is 19.5 Å². The number of likely N-dealkylation sites (tertiary alicyclic amines) is 1. The number of aromatic nitrogens is 4. The van der Waals surface area contributed by atoms with Crippen molar-refractivity contribution in [3.8, 4) is 0 Å². The Morgan fingerprint density at radius 2 is 2.08 bits per heavy atom. The van der Waals surface area contributed by atoms with Crippen molar-refractivity contribution in [1.82, 2.24) is 24.6 Å². The third kappa shape index (κ3) is 3.29. The minimum Gasteiger partial charge on any atom is -0.356 e. The van der Waals surface area contributed by atoms with Crippen LogP contribution in [0.25, 0.3) is 0 Å². The van der Waals surface area contributed by atoms with Crippen molar-refractivity contribution in [2.45, 2.75) is 51.2 Å². The maximum absolute atomic E-state index is 4.79. The summed E-state index contributed by atoms with van der Waals surface area (Å²) in [5.41, 5.74) is 2.67. The summed E-state index contributed by atoms with van der Waals surface area (Å²) in [5, 5.41) is 4.79. The molecule has 0 saturated carbocycles. The molecule has 0 spiro atoms. The summed E-state index contributed by atoms with van der Waals surface area (Å²) in [5.74, 6) is 1.02. The van der Waals surface area contributed by atoms with E-state index in [0.29, 0.717) is 6.04 Å². The molecule has 6 heteroatoms. The SMILES string of the molecule is CN(c1ccncn1)C1CCN(Cc2cc3n(n2)CCCC3)CC1. The Morgan fingerprint density at radius 3 is 2.83 bits per heavy atom. The van der Waals surface area contributed by atoms with Gasteiger partial charge in [0.25, 0.3) is 0 Å². The summed E-state index contributed by atoms with van der Waals surface area (Å²) in [6, 6.07) is 4.87. The van der Waals surface area contributed by atoms with Crippen LogP contribution < -0.4 is 4.90 Å². The van der Waals surface area contributed by atoms with E-state index in [1.165, 1.54) is 43.5 Å². The first-order chi connectivity index (χ1) is 11.8. The quantitative estimate of drug-likeness (QED) is 0.861. The summed E-state index contributed by atoms with van der Waals surface area (Å²) in [6.45, 7) is 4.34.